The van der Waals surface area contributed by atoms with Gasteiger partial charge in [-0.2, -0.15) is 0 Å². The average molecular weight is 294 g/mol. The number of sulfone groups is 1. The van der Waals surface area contributed by atoms with Gasteiger partial charge in [-0.1, -0.05) is 24.3 Å². The average Bonchev–Trinajstić information content (AvgIpc) is 3.24. The van der Waals surface area contributed by atoms with Crippen LogP contribution in [-0.2, 0) is 22.9 Å². The van der Waals surface area contributed by atoms with Gasteiger partial charge < -0.3 is 5.32 Å². The first-order chi connectivity index (χ1) is 9.62. The molecule has 1 saturated carbocycles. The highest BCUT2D eigenvalue weighted by atomic mass is 32.2. The number of hydrogen-bond acceptors (Lipinski definition) is 4. The molecule has 2 aliphatic rings. The molecular formula is C15H22N2O2S. The quantitative estimate of drug-likeness (QED) is 0.885. The Morgan fingerprint density at radius 2 is 1.75 bits per heavy atom. The monoisotopic (exact) mass is 294 g/mol. The second kappa shape index (κ2) is 5.84. The molecule has 5 heteroatoms. The Bertz CT molecular complexity index is 553. The number of benzene rings is 1. The van der Waals surface area contributed by atoms with Gasteiger partial charge in [0.15, 0.2) is 9.84 Å². The molecular weight excluding hydrogens is 272 g/mol. The molecule has 3 rings (SSSR count). The lowest BCUT2D eigenvalue weighted by molar-refractivity contribution is 0.286. The molecule has 0 aromatic heterocycles. The fourth-order valence-electron chi connectivity index (χ4n) is 2.58. The summed E-state index contributed by atoms with van der Waals surface area (Å²) < 4.78 is 22.9. The minimum absolute atomic E-state index is 0.301. The molecule has 1 N–H and O–H groups in total. The van der Waals surface area contributed by atoms with Crippen LogP contribution in [0.15, 0.2) is 24.3 Å². The van der Waals surface area contributed by atoms with Crippen molar-refractivity contribution in [2.24, 2.45) is 0 Å². The number of rotatable bonds is 5. The van der Waals surface area contributed by atoms with Gasteiger partial charge in [-0.25, -0.2) is 8.42 Å². The molecule has 0 bridgehead atoms. The summed E-state index contributed by atoms with van der Waals surface area (Å²) in [6.45, 7) is 3.10. The highest BCUT2D eigenvalue weighted by Gasteiger charge is 2.23. The van der Waals surface area contributed by atoms with Gasteiger partial charge in [0.25, 0.3) is 0 Å². The first-order valence-electron chi connectivity index (χ1n) is 7.35. The molecule has 0 spiro atoms. The van der Waals surface area contributed by atoms with E-state index in [-0.39, 0.29) is 0 Å². The van der Waals surface area contributed by atoms with Crippen LogP contribution >= 0.6 is 0 Å². The lowest BCUT2D eigenvalue weighted by Gasteiger charge is -2.27. The van der Waals surface area contributed by atoms with Crippen molar-refractivity contribution in [1.29, 1.82) is 0 Å². The van der Waals surface area contributed by atoms with Crippen molar-refractivity contribution in [3.05, 3.63) is 35.4 Å². The summed E-state index contributed by atoms with van der Waals surface area (Å²) in [4.78, 5) is 2.25. The van der Waals surface area contributed by atoms with Crippen LogP contribution in [0.4, 0.5) is 0 Å². The molecule has 0 unspecified atom stereocenters. The Kier molecular flexibility index (Phi) is 4.10. The Hall–Kier alpha value is -0.910. The summed E-state index contributed by atoms with van der Waals surface area (Å²) in [7, 11) is -2.79. The molecule has 1 aromatic rings. The van der Waals surface area contributed by atoms with Crippen LogP contribution in [0.2, 0.25) is 0 Å². The molecule has 0 atom stereocenters. The van der Waals surface area contributed by atoms with Crippen LogP contribution in [0, 0.1) is 0 Å². The Labute approximate surface area is 121 Å². The maximum Gasteiger partial charge on any atom is 0.152 e. The molecule has 0 amide bonds. The van der Waals surface area contributed by atoms with Crippen molar-refractivity contribution in [2.75, 3.05) is 24.6 Å². The minimum atomic E-state index is -2.79. The molecule has 1 aromatic carbocycles. The second-order valence-corrected chi connectivity index (χ2v) is 8.16. The molecule has 20 heavy (non-hydrogen) atoms. The van der Waals surface area contributed by atoms with E-state index in [0.29, 0.717) is 30.6 Å². The number of nitrogens with one attached hydrogen (secondary N) is 1. The molecule has 2 fully saturated rings. The van der Waals surface area contributed by atoms with Crippen LogP contribution in [0.3, 0.4) is 0 Å². The van der Waals surface area contributed by atoms with Crippen LogP contribution < -0.4 is 5.32 Å². The van der Waals surface area contributed by atoms with Gasteiger partial charge in [-0.05, 0) is 24.0 Å². The third-order valence-corrected chi connectivity index (χ3v) is 5.72. The SMILES string of the molecule is O=S1(=O)CCN(Cc2ccccc2CNC2CC2)CC1. The molecule has 1 heterocycles. The predicted molar refractivity (Wildman–Crippen MR) is 80.2 cm³/mol. The zero-order valence-electron chi connectivity index (χ0n) is 11.7. The van der Waals surface area contributed by atoms with Crippen molar-refractivity contribution in [3.8, 4) is 0 Å². The van der Waals surface area contributed by atoms with Crippen LogP contribution in [-0.4, -0.2) is 44.0 Å². The van der Waals surface area contributed by atoms with Crippen LogP contribution in [0.5, 0.6) is 0 Å². The summed E-state index contributed by atoms with van der Waals surface area (Å²) >= 11 is 0. The standard InChI is InChI=1S/C15H22N2O2S/c18-20(19)9-7-17(8-10-20)12-14-4-2-1-3-13(14)11-16-15-5-6-15/h1-4,15-16H,5-12H2. The smallest absolute Gasteiger partial charge is 0.152 e. The predicted octanol–water partition coefficient (Wildman–Crippen LogP) is 1.17. The van der Waals surface area contributed by atoms with E-state index in [9.17, 15) is 8.42 Å². The van der Waals surface area contributed by atoms with Gasteiger partial charge in [0.2, 0.25) is 0 Å². The van der Waals surface area contributed by atoms with Gasteiger partial charge >= 0.3 is 0 Å². The van der Waals surface area contributed by atoms with E-state index in [0.717, 1.165) is 13.1 Å². The fraction of sp³-hybridized carbons (Fsp3) is 0.600. The van der Waals surface area contributed by atoms with Crippen molar-refractivity contribution in [1.82, 2.24) is 10.2 Å². The maximum absolute atomic E-state index is 11.5. The van der Waals surface area contributed by atoms with Crippen molar-refractivity contribution < 1.29 is 8.42 Å². The Balaban J connectivity index is 1.61. The topological polar surface area (TPSA) is 49.4 Å². The normalized spacial score (nSPS) is 22.8. The molecule has 1 aliphatic heterocycles. The van der Waals surface area contributed by atoms with E-state index in [4.69, 9.17) is 0 Å². The third-order valence-electron chi connectivity index (χ3n) is 4.11. The summed E-state index contributed by atoms with van der Waals surface area (Å²) in [5.74, 6) is 0.602. The highest BCUT2D eigenvalue weighted by Crippen LogP contribution is 2.20. The first-order valence-corrected chi connectivity index (χ1v) is 9.17. The zero-order valence-corrected chi connectivity index (χ0v) is 12.5. The largest absolute Gasteiger partial charge is 0.310 e. The van der Waals surface area contributed by atoms with Crippen molar-refractivity contribution in [3.63, 3.8) is 0 Å². The van der Waals surface area contributed by atoms with E-state index >= 15 is 0 Å². The summed E-state index contributed by atoms with van der Waals surface area (Å²) in [6, 6.07) is 9.19. The van der Waals surface area contributed by atoms with E-state index in [1.807, 2.05) is 0 Å². The second-order valence-electron chi connectivity index (χ2n) is 5.85. The zero-order chi connectivity index (χ0) is 14.0. The van der Waals surface area contributed by atoms with Crippen molar-refractivity contribution >= 4 is 9.84 Å². The third kappa shape index (κ3) is 3.81. The van der Waals surface area contributed by atoms with E-state index < -0.39 is 9.84 Å². The summed E-state index contributed by atoms with van der Waals surface area (Å²) in [5, 5.41) is 3.55. The van der Waals surface area contributed by atoms with Gasteiger partial charge in [-0.15, -0.1) is 0 Å². The summed E-state index contributed by atoms with van der Waals surface area (Å²) in [5.41, 5.74) is 2.66. The molecule has 1 aliphatic carbocycles. The van der Waals surface area contributed by atoms with Crippen LogP contribution in [0.25, 0.3) is 0 Å². The fourth-order valence-corrected chi connectivity index (χ4v) is 3.85. The van der Waals surface area contributed by atoms with E-state index in [1.165, 1.54) is 24.0 Å². The lowest BCUT2D eigenvalue weighted by Crippen LogP contribution is -2.39. The first kappa shape index (κ1) is 14.0. The number of hydrogen-bond donors (Lipinski definition) is 1. The minimum Gasteiger partial charge on any atom is -0.310 e. The summed E-state index contributed by atoms with van der Waals surface area (Å²) in [6.07, 6.45) is 2.60. The van der Waals surface area contributed by atoms with Gasteiger partial charge in [0.1, 0.15) is 0 Å². The van der Waals surface area contributed by atoms with Gasteiger partial charge in [0, 0.05) is 32.2 Å². The molecule has 110 valence electrons. The van der Waals surface area contributed by atoms with Crippen molar-refractivity contribution in [2.45, 2.75) is 32.0 Å². The van der Waals surface area contributed by atoms with Gasteiger partial charge in [0.05, 0.1) is 11.5 Å². The molecule has 0 radical (unpaired) electrons. The van der Waals surface area contributed by atoms with Crippen LogP contribution in [0.1, 0.15) is 24.0 Å². The number of nitrogens with zero attached hydrogens (tertiary/aromatic N) is 1. The van der Waals surface area contributed by atoms with E-state index in [2.05, 4.69) is 34.5 Å². The van der Waals surface area contributed by atoms with Gasteiger partial charge in [-0.3, -0.25) is 4.90 Å². The lowest BCUT2D eigenvalue weighted by atomic mass is 10.1. The maximum atomic E-state index is 11.5. The van der Waals surface area contributed by atoms with E-state index in [1.54, 1.807) is 0 Å². The molecule has 1 saturated heterocycles. The Morgan fingerprint density at radius 1 is 1.10 bits per heavy atom. The highest BCUT2D eigenvalue weighted by molar-refractivity contribution is 7.91. The Morgan fingerprint density at radius 3 is 2.40 bits per heavy atom. The molecule has 4 nitrogen and oxygen atoms in total.